The summed E-state index contributed by atoms with van der Waals surface area (Å²) in [7, 11) is 0. The molecular weight excluding hydrogens is 385 g/mol. The number of halogens is 1. The van der Waals surface area contributed by atoms with Gasteiger partial charge in [-0.25, -0.2) is 9.18 Å². The van der Waals surface area contributed by atoms with Crippen molar-refractivity contribution < 1.29 is 18.8 Å². The number of nitrogens with zero attached hydrogens (tertiary/aromatic N) is 2. The molecule has 1 atom stereocenters. The van der Waals surface area contributed by atoms with Gasteiger partial charge in [0, 0.05) is 18.7 Å². The molecule has 1 unspecified atom stereocenters. The van der Waals surface area contributed by atoms with E-state index in [9.17, 15) is 18.8 Å². The first kappa shape index (κ1) is 20.1. The van der Waals surface area contributed by atoms with Gasteiger partial charge in [-0.1, -0.05) is 37.6 Å². The molecule has 6 nitrogen and oxygen atoms in total. The molecule has 0 spiro atoms. The van der Waals surface area contributed by atoms with Crippen molar-refractivity contribution in [3.8, 4) is 0 Å². The Hall–Kier alpha value is -3.22. The van der Waals surface area contributed by atoms with Gasteiger partial charge in [0.1, 0.15) is 5.82 Å². The highest BCUT2D eigenvalue weighted by Crippen LogP contribution is 2.34. The van der Waals surface area contributed by atoms with Crippen molar-refractivity contribution in [2.24, 2.45) is 0 Å². The first-order chi connectivity index (χ1) is 14.4. The lowest BCUT2D eigenvalue weighted by Gasteiger charge is -2.31. The Morgan fingerprint density at radius 2 is 1.80 bits per heavy atom. The monoisotopic (exact) mass is 409 g/mol. The quantitative estimate of drug-likeness (QED) is 0.745. The van der Waals surface area contributed by atoms with Crippen LogP contribution in [-0.4, -0.2) is 40.7 Å². The number of hydrogen-bond donors (Lipinski definition) is 1. The first-order valence-corrected chi connectivity index (χ1v) is 10.2. The fourth-order valence-corrected chi connectivity index (χ4v) is 4.33. The van der Waals surface area contributed by atoms with Gasteiger partial charge < -0.3 is 10.2 Å². The average Bonchev–Trinajstić information content (AvgIpc) is 3.16. The third-order valence-electron chi connectivity index (χ3n) is 5.84. The summed E-state index contributed by atoms with van der Waals surface area (Å²) in [6.07, 6.45) is 1.94. The molecule has 0 radical (unpaired) electrons. The predicted molar refractivity (Wildman–Crippen MR) is 109 cm³/mol. The first-order valence-electron chi connectivity index (χ1n) is 10.2. The zero-order valence-corrected chi connectivity index (χ0v) is 17.1. The average molecular weight is 409 g/mol. The minimum absolute atomic E-state index is 0.0175. The van der Waals surface area contributed by atoms with E-state index < -0.39 is 23.3 Å². The summed E-state index contributed by atoms with van der Waals surface area (Å²) in [6.45, 7) is 4.37. The molecule has 4 amide bonds. The maximum atomic E-state index is 13.5. The lowest BCUT2D eigenvalue weighted by atomic mass is 9.89. The molecule has 4 rings (SSSR count). The second-order valence-electron chi connectivity index (χ2n) is 7.79. The second kappa shape index (κ2) is 7.55. The summed E-state index contributed by atoms with van der Waals surface area (Å²) in [5, 5.41) is 2.78. The number of aryl methyl sites for hydroxylation is 1. The molecule has 7 heteroatoms. The van der Waals surface area contributed by atoms with E-state index >= 15 is 0 Å². The highest BCUT2D eigenvalue weighted by atomic mass is 19.1. The van der Waals surface area contributed by atoms with Crippen molar-refractivity contribution >= 4 is 17.8 Å². The fraction of sp³-hybridized carbons (Fsp3) is 0.348. The van der Waals surface area contributed by atoms with Gasteiger partial charge in [-0.05, 0) is 48.2 Å². The topological polar surface area (TPSA) is 69.7 Å². The Morgan fingerprint density at radius 3 is 2.43 bits per heavy atom. The number of benzene rings is 2. The molecule has 2 aliphatic rings. The number of likely N-dealkylation sites (N-methyl/N-ethyl adjacent to an activating group) is 1. The molecule has 2 aromatic rings. The van der Waals surface area contributed by atoms with E-state index in [1.807, 2.05) is 18.2 Å². The maximum Gasteiger partial charge on any atom is 0.325 e. The smallest absolute Gasteiger partial charge is 0.325 e. The number of amides is 4. The molecule has 30 heavy (non-hydrogen) atoms. The van der Waals surface area contributed by atoms with Gasteiger partial charge in [-0.2, -0.15) is 0 Å². The molecular formula is C23H24FN3O3. The van der Waals surface area contributed by atoms with Gasteiger partial charge in [0.25, 0.3) is 11.8 Å². The molecule has 2 aliphatic heterocycles. The van der Waals surface area contributed by atoms with Crippen molar-refractivity contribution in [2.75, 3.05) is 13.1 Å². The van der Waals surface area contributed by atoms with E-state index in [4.69, 9.17) is 0 Å². The number of rotatable bonds is 6. The van der Waals surface area contributed by atoms with Crippen LogP contribution in [0.1, 0.15) is 47.3 Å². The van der Waals surface area contributed by atoms with Crippen molar-refractivity contribution in [2.45, 2.75) is 38.8 Å². The lowest BCUT2D eigenvalue weighted by molar-refractivity contribution is -0.132. The Kier molecular flexibility index (Phi) is 5.05. The summed E-state index contributed by atoms with van der Waals surface area (Å²) in [5.74, 6) is -1.05. The van der Waals surface area contributed by atoms with Gasteiger partial charge in [0.2, 0.25) is 0 Å². The van der Waals surface area contributed by atoms with Gasteiger partial charge in [0.05, 0.1) is 6.54 Å². The van der Waals surface area contributed by atoms with Crippen LogP contribution < -0.4 is 5.32 Å². The highest BCUT2D eigenvalue weighted by Gasteiger charge is 2.54. The Morgan fingerprint density at radius 1 is 1.07 bits per heavy atom. The fourth-order valence-electron chi connectivity index (χ4n) is 4.33. The summed E-state index contributed by atoms with van der Waals surface area (Å²) in [6, 6.07) is 10.8. The molecule has 0 bridgehead atoms. The van der Waals surface area contributed by atoms with E-state index in [0.29, 0.717) is 17.7 Å². The molecule has 0 aliphatic carbocycles. The standard InChI is InChI=1S/C23H24FN3O3/c1-3-5-15-6-11-19-16(12-15)13-26(20(19)28)14-23(17-7-9-18(24)10-8-17)21(29)27(4-2)22(30)25-23/h6-12H,3-5,13-14H2,1-2H3,(H,25,30). The minimum Gasteiger partial charge on any atom is -0.331 e. The molecule has 1 N–H and O–H groups in total. The Bertz CT molecular complexity index is 1020. The molecule has 1 fully saturated rings. The van der Waals surface area contributed by atoms with E-state index in [1.54, 1.807) is 11.8 Å². The van der Waals surface area contributed by atoms with E-state index in [2.05, 4.69) is 12.2 Å². The molecule has 2 heterocycles. The van der Waals surface area contributed by atoms with Gasteiger partial charge in [-0.3, -0.25) is 14.5 Å². The van der Waals surface area contributed by atoms with Crippen LogP contribution in [0, 0.1) is 5.82 Å². The van der Waals surface area contributed by atoms with Crippen LogP contribution in [0.25, 0.3) is 0 Å². The SMILES string of the molecule is CCCc1ccc2c(c1)CN(CC1(c3ccc(F)cc3)NC(=O)N(CC)C1=O)C2=O. The van der Waals surface area contributed by atoms with Gasteiger partial charge >= 0.3 is 6.03 Å². The number of hydrogen-bond acceptors (Lipinski definition) is 3. The van der Waals surface area contributed by atoms with Crippen molar-refractivity contribution in [3.63, 3.8) is 0 Å². The molecule has 0 saturated carbocycles. The van der Waals surface area contributed by atoms with Gasteiger partial charge in [0.15, 0.2) is 5.54 Å². The molecule has 156 valence electrons. The predicted octanol–water partition coefficient (Wildman–Crippen LogP) is 3.20. The molecule has 2 aromatic carbocycles. The summed E-state index contributed by atoms with van der Waals surface area (Å²) in [4.78, 5) is 41.5. The number of carbonyl (C=O) groups is 3. The zero-order chi connectivity index (χ0) is 21.5. The van der Waals surface area contributed by atoms with Crippen LogP contribution in [0.15, 0.2) is 42.5 Å². The van der Waals surface area contributed by atoms with E-state index in [0.717, 1.165) is 23.3 Å². The van der Waals surface area contributed by atoms with Crippen molar-refractivity contribution in [1.82, 2.24) is 15.1 Å². The number of nitrogens with one attached hydrogen (secondary N) is 1. The number of carbonyl (C=O) groups excluding carboxylic acids is 3. The van der Waals surface area contributed by atoms with Gasteiger partial charge in [-0.15, -0.1) is 0 Å². The van der Waals surface area contributed by atoms with Crippen LogP contribution in [0.3, 0.4) is 0 Å². The summed E-state index contributed by atoms with van der Waals surface area (Å²) < 4.78 is 13.5. The summed E-state index contributed by atoms with van der Waals surface area (Å²) in [5.41, 5.74) is 1.72. The Balaban J connectivity index is 1.70. The number of urea groups is 1. The van der Waals surface area contributed by atoms with E-state index in [-0.39, 0.29) is 19.0 Å². The number of imide groups is 1. The largest absolute Gasteiger partial charge is 0.331 e. The van der Waals surface area contributed by atoms with Crippen LogP contribution in [0.5, 0.6) is 0 Å². The zero-order valence-electron chi connectivity index (χ0n) is 17.1. The highest BCUT2D eigenvalue weighted by molar-refractivity contribution is 6.08. The van der Waals surface area contributed by atoms with E-state index in [1.165, 1.54) is 29.8 Å². The number of fused-ring (bicyclic) bond motifs is 1. The molecule has 1 saturated heterocycles. The lowest BCUT2D eigenvalue weighted by Crippen LogP contribution is -2.52. The van der Waals surface area contributed by atoms with Crippen molar-refractivity contribution in [1.29, 1.82) is 0 Å². The minimum atomic E-state index is -1.44. The van der Waals surface area contributed by atoms with Crippen LogP contribution >= 0.6 is 0 Å². The third-order valence-corrected chi connectivity index (χ3v) is 5.84. The van der Waals surface area contributed by atoms with Crippen LogP contribution in [0.2, 0.25) is 0 Å². The Labute approximate surface area is 174 Å². The normalized spacial score (nSPS) is 20.7. The second-order valence-corrected chi connectivity index (χ2v) is 7.79. The van der Waals surface area contributed by atoms with Crippen LogP contribution in [0.4, 0.5) is 9.18 Å². The van der Waals surface area contributed by atoms with Crippen LogP contribution in [-0.2, 0) is 23.3 Å². The third kappa shape index (κ3) is 3.14. The molecule has 0 aromatic heterocycles. The van der Waals surface area contributed by atoms with Crippen molar-refractivity contribution in [3.05, 3.63) is 70.5 Å². The maximum absolute atomic E-state index is 13.5. The summed E-state index contributed by atoms with van der Waals surface area (Å²) >= 11 is 0.